The van der Waals surface area contributed by atoms with Gasteiger partial charge in [0.15, 0.2) is 0 Å². The molecule has 0 fully saturated rings. The van der Waals surface area contributed by atoms with Crippen LogP contribution in [0.25, 0.3) is 11.3 Å². The average Bonchev–Trinajstić information content (AvgIpc) is 2.83. The maximum absolute atomic E-state index is 4.59. The highest BCUT2D eigenvalue weighted by molar-refractivity contribution is 7.97. The van der Waals surface area contributed by atoms with Crippen LogP contribution in [0.4, 0.5) is 5.82 Å². The third-order valence-electron chi connectivity index (χ3n) is 2.60. The summed E-state index contributed by atoms with van der Waals surface area (Å²) in [6, 6.07) is 1.98. The lowest BCUT2D eigenvalue weighted by atomic mass is 10.2. The van der Waals surface area contributed by atoms with Gasteiger partial charge in [-0.1, -0.05) is 6.92 Å². The molecule has 0 radical (unpaired) electrons. The molecule has 0 aliphatic carbocycles. The molecule has 0 saturated carbocycles. The third kappa shape index (κ3) is 3.70. The van der Waals surface area contributed by atoms with Crippen molar-refractivity contribution in [2.45, 2.75) is 19.1 Å². The van der Waals surface area contributed by atoms with Gasteiger partial charge in [-0.3, -0.25) is 4.68 Å². The van der Waals surface area contributed by atoms with Crippen LogP contribution in [0.2, 0.25) is 0 Å². The predicted octanol–water partition coefficient (Wildman–Crippen LogP) is 2.56. The molecule has 19 heavy (non-hydrogen) atoms. The first-order valence-electron chi connectivity index (χ1n) is 6.32. The van der Waals surface area contributed by atoms with Gasteiger partial charge in [0, 0.05) is 31.4 Å². The number of aromatic nitrogens is 4. The lowest BCUT2D eigenvalue weighted by Gasteiger charge is -2.08. The molecule has 2 aromatic heterocycles. The predicted molar refractivity (Wildman–Crippen MR) is 80.2 cm³/mol. The highest BCUT2D eigenvalue weighted by atomic mass is 32.2. The maximum atomic E-state index is 4.59. The second-order valence-electron chi connectivity index (χ2n) is 4.32. The van der Waals surface area contributed by atoms with Crippen LogP contribution in [0.15, 0.2) is 18.5 Å². The van der Waals surface area contributed by atoms with Crippen LogP contribution in [0.5, 0.6) is 0 Å². The summed E-state index contributed by atoms with van der Waals surface area (Å²) in [7, 11) is 1.91. The van der Waals surface area contributed by atoms with E-state index in [1.54, 1.807) is 16.4 Å². The summed E-state index contributed by atoms with van der Waals surface area (Å²) in [6.45, 7) is 3.06. The van der Waals surface area contributed by atoms with Crippen molar-refractivity contribution in [1.29, 1.82) is 0 Å². The van der Waals surface area contributed by atoms with Crippen LogP contribution in [0.1, 0.15) is 19.2 Å². The molecular weight excluding hydrogens is 258 g/mol. The standard InChI is InChI=1S/C13H19N5S/c1-4-5-14-12-6-11(10-7-15-18(2)8-10)16-13(17-12)9-19-3/h6-8H,4-5,9H2,1-3H3,(H,14,16,17). The Hall–Kier alpha value is -1.56. The first kappa shape index (κ1) is 13.9. The minimum Gasteiger partial charge on any atom is -0.370 e. The van der Waals surface area contributed by atoms with E-state index in [4.69, 9.17) is 0 Å². The van der Waals surface area contributed by atoms with E-state index >= 15 is 0 Å². The molecule has 0 amide bonds. The second-order valence-corrected chi connectivity index (χ2v) is 5.18. The molecule has 102 valence electrons. The molecule has 1 N–H and O–H groups in total. The monoisotopic (exact) mass is 277 g/mol. The molecule has 0 atom stereocenters. The normalized spacial score (nSPS) is 10.7. The van der Waals surface area contributed by atoms with Crippen LogP contribution in [0, 0.1) is 0 Å². The van der Waals surface area contributed by atoms with Gasteiger partial charge in [-0.2, -0.15) is 16.9 Å². The van der Waals surface area contributed by atoms with Crippen molar-refractivity contribution in [2.24, 2.45) is 7.05 Å². The average molecular weight is 277 g/mol. The highest BCUT2D eigenvalue weighted by Gasteiger charge is 2.07. The van der Waals surface area contributed by atoms with E-state index in [1.165, 1.54) is 0 Å². The van der Waals surface area contributed by atoms with Crippen molar-refractivity contribution in [2.75, 3.05) is 18.1 Å². The zero-order chi connectivity index (χ0) is 13.7. The fourth-order valence-corrected chi connectivity index (χ4v) is 2.12. The quantitative estimate of drug-likeness (QED) is 0.879. The Kier molecular flexibility index (Phi) is 4.79. The molecule has 0 spiro atoms. The van der Waals surface area contributed by atoms with Crippen molar-refractivity contribution in [3.8, 4) is 11.3 Å². The summed E-state index contributed by atoms with van der Waals surface area (Å²) < 4.78 is 1.78. The summed E-state index contributed by atoms with van der Waals surface area (Å²) in [5.41, 5.74) is 1.94. The Morgan fingerprint density at radius 2 is 2.21 bits per heavy atom. The summed E-state index contributed by atoms with van der Waals surface area (Å²) in [6.07, 6.45) is 6.92. The van der Waals surface area contributed by atoms with E-state index in [0.717, 1.165) is 41.6 Å². The van der Waals surface area contributed by atoms with Gasteiger partial charge in [0.2, 0.25) is 0 Å². The number of anilines is 1. The smallest absolute Gasteiger partial charge is 0.141 e. The first-order chi connectivity index (χ1) is 9.22. The topological polar surface area (TPSA) is 55.6 Å². The lowest BCUT2D eigenvalue weighted by molar-refractivity contribution is 0.768. The number of hydrogen-bond donors (Lipinski definition) is 1. The van der Waals surface area contributed by atoms with Crippen molar-refractivity contribution in [3.63, 3.8) is 0 Å². The molecule has 5 nitrogen and oxygen atoms in total. The molecule has 2 rings (SSSR count). The summed E-state index contributed by atoms with van der Waals surface area (Å²) >= 11 is 1.72. The fraction of sp³-hybridized carbons (Fsp3) is 0.462. The lowest BCUT2D eigenvalue weighted by Crippen LogP contribution is -2.05. The number of thioether (sulfide) groups is 1. The number of nitrogens with one attached hydrogen (secondary N) is 1. The Bertz CT molecular complexity index is 538. The minimum atomic E-state index is 0.814. The Morgan fingerprint density at radius 1 is 1.37 bits per heavy atom. The van der Waals surface area contributed by atoms with Gasteiger partial charge in [-0.25, -0.2) is 9.97 Å². The molecule has 0 aliphatic rings. The third-order valence-corrected chi connectivity index (χ3v) is 3.15. The summed E-state index contributed by atoms with van der Waals surface area (Å²) in [4.78, 5) is 9.11. The molecule has 2 aromatic rings. The Balaban J connectivity index is 2.33. The van der Waals surface area contributed by atoms with Gasteiger partial charge in [-0.15, -0.1) is 0 Å². The fourth-order valence-electron chi connectivity index (χ4n) is 1.74. The molecule has 0 saturated heterocycles. The number of nitrogens with zero attached hydrogens (tertiary/aromatic N) is 4. The van der Waals surface area contributed by atoms with Gasteiger partial charge in [0.1, 0.15) is 11.6 Å². The van der Waals surface area contributed by atoms with Crippen LogP contribution >= 0.6 is 11.8 Å². The van der Waals surface area contributed by atoms with Crippen molar-refractivity contribution < 1.29 is 0 Å². The molecule has 6 heteroatoms. The van der Waals surface area contributed by atoms with Gasteiger partial charge < -0.3 is 5.32 Å². The first-order valence-corrected chi connectivity index (χ1v) is 7.72. The van der Waals surface area contributed by atoms with E-state index in [1.807, 2.05) is 25.5 Å². The van der Waals surface area contributed by atoms with Gasteiger partial charge in [0.25, 0.3) is 0 Å². The van der Waals surface area contributed by atoms with E-state index in [9.17, 15) is 0 Å². The van der Waals surface area contributed by atoms with Crippen LogP contribution in [-0.2, 0) is 12.8 Å². The molecule has 0 unspecified atom stereocenters. The minimum absolute atomic E-state index is 0.814. The number of hydrogen-bond acceptors (Lipinski definition) is 5. The molecule has 0 aliphatic heterocycles. The van der Waals surface area contributed by atoms with Crippen LogP contribution in [0.3, 0.4) is 0 Å². The maximum Gasteiger partial charge on any atom is 0.141 e. The number of rotatable bonds is 6. The number of aryl methyl sites for hydroxylation is 1. The highest BCUT2D eigenvalue weighted by Crippen LogP contribution is 2.20. The Morgan fingerprint density at radius 3 is 2.84 bits per heavy atom. The van der Waals surface area contributed by atoms with Crippen molar-refractivity contribution in [1.82, 2.24) is 19.7 Å². The zero-order valence-electron chi connectivity index (χ0n) is 11.6. The summed E-state index contributed by atoms with van der Waals surface area (Å²) in [5.74, 6) is 2.56. The van der Waals surface area contributed by atoms with Crippen molar-refractivity contribution >= 4 is 17.6 Å². The van der Waals surface area contributed by atoms with Crippen LogP contribution in [-0.4, -0.2) is 32.5 Å². The van der Waals surface area contributed by atoms with Gasteiger partial charge >= 0.3 is 0 Å². The van der Waals surface area contributed by atoms with E-state index in [-0.39, 0.29) is 0 Å². The Labute approximate surface area is 117 Å². The molecular formula is C13H19N5S. The second kappa shape index (κ2) is 6.56. The van der Waals surface area contributed by atoms with Gasteiger partial charge in [-0.05, 0) is 12.7 Å². The van der Waals surface area contributed by atoms with E-state index in [0.29, 0.717) is 0 Å². The van der Waals surface area contributed by atoms with E-state index in [2.05, 4.69) is 33.6 Å². The molecule has 0 bridgehead atoms. The van der Waals surface area contributed by atoms with Crippen LogP contribution < -0.4 is 5.32 Å². The SMILES string of the molecule is CCCNc1cc(-c2cnn(C)c2)nc(CSC)n1. The molecule has 0 aromatic carbocycles. The summed E-state index contributed by atoms with van der Waals surface area (Å²) in [5, 5.41) is 7.51. The molecule has 2 heterocycles. The van der Waals surface area contributed by atoms with Crippen molar-refractivity contribution in [3.05, 3.63) is 24.3 Å². The zero-order valence-corrected chi connectivity index (χ0v) is 12.4. The van der Waals surface area contributed by atoms with Gasteiger partial charge in [0.05, 0.1) is 17.6 Å². The largest absolute Gasteiger partial charge is 0.370 e. The van der Waals surface area contributed by atoms with E-state index < -0.39 is 0 Å².